The number of hydrogen-bond acceptors (Lipinski definition) is 9. The molecule has 1 saturated heterocycles. The number of aliphatic hydroxyl groups is 1. The van der Waals surface area contributed by atoms with E-state index in [-0.39, 0.29) is 28.7 Å². The lowest BCUT2D eigenvalue weighted by molar-refractivity contribution is -0.295. The molecule has 0 radical (unpaired) electrons. The van der Waals surface area contributed by atoms with Crippen molar-refractivity contribution in [2.75, 3.05) is 31.3 Å². The lowest BCUT2D eigenvalue weighted by Crippen LogP contribution is -2.59. The molecule has 47 heavy (non-hydrogen) atoms. The van der Waals surface area contributed by atoms with Crippen LogP contribution in [-0.4, -0.2) is 69.3 Å². The molecule has 4 aliphatic rings. The normalized spacial score (nSPS) is 29.8. The molecule has 3 aliphatic carbocycles. The van der Waals surface area contributed by atoms with Crippen LogP contribution in [0, 0.1) is 17.8 Å². The molecule has 1 amide bonds. The number of hydrogen-bond donors (Lipinski definition) is 1. The number of halogens is 3. The predicted molar refractivity (Wildman–Crippen MR) is 164 cm³/mol. The molecule has 0 spiro atoms. The molecule has 3 saturated carbocycles. The summed E-state index contributed by atoms with van der Waals surface area (Å²) < 4.78 is 57.1. The Morgan fingerprint density at radius 3 is 2.55 bits per heavy atom. The summed E-state index contributed by atoms with van der Waals surface area (Å²) in [4.78, 5) is 29.1. The molecule has 1 aliphatic heterocycles. The Balaban J connectivity index is 1.14. The summed E-state index contributed by atoms with van der Waals surface area (Å²) in [6, 6.07) is 7.62. The first-order valence-corrected chi connectivity index (χ1v) is 16.5. The number of anilines is 1. The summed E-state index contributed by atoms with van der Waals surface area (Å²) in [7, 11) is 0. The third kappa shape index (κ3) is 5.79. The van der Waals surface area contributed by atoms with Crippen molar-refractivity contribution in [3.8, 4) is 17.1 Å². The summed E-state index contributed by atoms with van der Waals surface area (Å²) in [5.74, 6) is 0.464. The third-order valence-electron chi connectivity index (χ3n) is 10.9. The molecule has 10 nitrogen and oxygen atoms in total. The van der Waals surface area contributed by atoms with Gasteiger partial charge in [0, 0.05) is 41.5 Å². The minimum Gasteiger partial charge on any atom is -0.464 e. The number of benzene rings is 1. The van der Waals surface area contributed by atoms with E-state index >= 15 is 0 Å². The number of fused-ring (bicyclic) bond motifs is 2. The molecule has 13 heteroatoms. The highest BCUT2D eigenvalue weighted by Gasteiger charge is 2.63. The number of carbonyl (C=O) groups excluding carboxylic acids is 1. The van der Waals surface area contributed by atoms with Crippen molar-refractivity contribution in [2.45, 2.75) is 87.8 Å². The number of nitrogens with zero attached hydrogens (tertiary/aromatic N) is 5. The molecule has 3 heterocycles. The molecule has 1 aromatic carbocycles. The summed E-state index contributed by atoms with van der Waals surface area (Å²) in [5, 5.41) is 14.6. The highest BCUT2D eigenvalue weighted by atomic mass is 19.4. The van der Waals surface area contributed by atoms with Crippen molar-refractivity contribution in [1.82, 2.24) is 20.1 Å². The van der Waals surface area contributed by atoms with Crippen molar-refractivity contribution in [2.24, 2.45) is 17.8 Å². The highest BCUT2D eigenvalue weighted by Crippen LogP contribution is 2.53. The van der Waals surface area contributed by atoms with Gasteiger partial charge in [0.1, 0.15) is 0 Å². The van der Waals surface area contributed by atoms with Crippen LogP contribution in [0.1, 0.15) is 76.9 Å². The second-order valence-corrected chi connectivity index (χ2v) is 14.2. The number of amides is 1. The van der Waals surface area contributed by atoms with Gasteiger partial charge in [-0.25, -0.2) is 9.97 Å². The Hall–Kier alpha value is -3.58. The van der Waals surface area contributed by atoms with Crippen LogP contribution in [0.25, 0.3) is 11.1 Å². The van der Waals surface area contributed by atoms with Crippen LogP contribution in [0.3, 0.4) is 0 Å². The zero-order chi connectivity index (χ0) is 33.0. The SMILES string of the molecule is CCOc1ncc(-c2cccc(N(CC3CCC4(c5noc(C6(C)COC6)n5)CCCC3C4)C(=O)[C@H]3C[C@](O)(C(F)(F)F)C3)c2)cn1. The fraction of sp³-hybridized carbons (Fsp3) is 0.618. The van der Waals surface area contributed by atoms with Gasteiger partial charge in [0.05, 0.1) is 25.2 Å². The van der Waals surface area contributed by atoms with E-state index in [4.69, 9.17) is 19.0 Å². The fourth-order valence-electron chi connectivity index (χ4n) is 7.97. The van der Waals surface area contributed by atoms with Crippen LogP contribution in [0.5, 0.6) is 6.01 Å². The van der Waals surface area contributed by atoms with Gasteiger partial charge < -0.3 is 24.0 Å². The van der Waals surface area contributed by atoms with Gasteiger partial charge >= 0.3 is 12.2 Å². The number of aromatic nitrogens is 4. The fourth-order valence-corrected chi connectivity index (χ4v) is 7.97. The molecule has 252 valence electrons. The van der Waals surface area contributed by atoms with Crippen molar-refractivity contribution in [3.63, 3.8) is 0 Å². The van der Waals surface area contributed by atoms with Gasteiger partial charge in [-0.1, -0.05) is 30.1 Å². The largest absolute Gasteiger partial charge is 0.464 e. The van der Waals surface area contributed by atoms with Crippen molar-refractivity contribution < 1.29 is 37.1 Å². The molecular formula is C34H40F3N5O5. The van der Waals surface area contributed by atoms with E-state index in [9.17, 15) is 23.1 Å². The van der Waals surface area contributed by atoms with Crippen LogP contribution < -0.4 is 9.64 Å². The highest BCUT2D eigenvalue weighted by molar-refractivity contribution is 5.96. The summed E-state index contributed by atoms with van der Waals surface area (Å²) in [6.45, 7) is 5.83. The standard InChI is InChI=1S/C34H40F3N5O5/c1-3-46-30-38-16-25(17-39-30)21-6-4-8-26(12-21)42(27(43)24-14-33(44,15-24)34(35,36)37)18-23-9-11-32(10-5-7-22(23)13-32)28-40-29(47-41-28)31(2)19-45-20-31/h4,6,8,12,16-17,22-24,44H,3,5,7,9-11,13-15,18-20H2,1-2H3/t22?,23?,24-,32?,33+. The van der Waals surface area contributed by atoms with Gasteiger partial charge in [0.2, 0.25) is 11.8 Å². The van der Waals surface area contributed by atoms with Crippen molar-refractivity contribution >= 4 is 11.6 Å². The lowest BCUT2D eigenvalue weighted by atomic mass is 9.58. The van der Waals surface area contributed by atoms with Crippen LogP contribution in [0.2, 0.25) is 0 Å². The van der Waals surface area contributed by atoms with E-state index in [0.717, 1.165) is 49.9 Å². The maximum Gasteiger partial charge on any atom is 0.417 e. The van der Waals surface area contributed by atoms with Gasteiger partial charge in [0.25, 0.3) is 0 Å². The maximum atomic E-state index is 14.0. The number of carbonyl (C=O) groups is 1. The van der Waals surface area contributed by atoms with Crippen LogP contribution in [0.15, 0.2) is 41.2 Å². The Kier molecular flexibility index (Phi) is 8.05. The molecule has 2 aromatic heterocycles. The quantitative estimate of drug-likeness (QED) is 0.305. The lowest BCUT2D eigenvalue weighted by Gasteiger charge is -2.49. The van der Waals surface area contributed by atoms with E-state index in [1.807, 2.05) is 31.2 Å². The molecule has 7 rings (SSSR count). The molecule has 3 unspecified atom stereocenters. The topological polar surface area (TPSA) is 124 Å². The average Bonchev–Trinajstić information content (AvgIpc) is 3.54. The molecular weight excluding hydrogens is 615 g/mol. The predicted octanol–water partition coefficient (Wildman–Crippen LogP) is 5.79. The second-order valence-electron chi connectivity index (χ2n) is 14.2. The van der Waals surface area contributed by atoms with E-state index in [2.05, 4.69) is 22.0 Å². The number of ether oxygens (including phenoxy) is 2. The Morgan fingerprint density at radius 1 is 1.11 bits per heavy atom. The first-order valence-electron chi connectivity index (χ1n) is 16.5. The van der Waals surface area contributed by atoms with Crippen molar-refractivity contribution in [1.29, 1.82) is 0 Å². The Labute approximate surface area is 271 Å². The van der Waals surface area contributed by atoms with Gasteiger partial charge in [-0.3, -0.25) is 4.79 Å². The maximum absolute atomic E-state index is 14.0. The monoisotopic (exact) mass is 655 g/mol. The van der Waals surface area contributed by atoms with Crippen LogP contribution in [0.4, 0.5) is 18.9 Å². The first kappa shape index (κ1) is 32.0. The summed E-state index contributed by atoms with van der Waals surface area (Å²) in [5.41, 5.74) is -1.20. The molecule has 4 fully saturated rings. The van der Waals surface area contributed by atoms with E-state index in [1.165, 1.54) is 0 Å². The zero-order valence-corrected chi connectivity index (χ0v) is 26.6. The Bertz CT molecular complexity index is 1600. The van der Waals surface area contributed by atoms with E-state index in [0.29, 0.717) is 43.5 Å². The molecule has 3 atom stereocenters. The van der Waals surface area contributed by atoms with Crippen LogP contribution >= 0.6 is 0 Å². The van der Waals surface area contributed by atoms with Crippen LogP contribution in [-0.2, 0) is 20.4 Å². The Morgan fingerprint density at radius 2 is 1.87 bits per heavy atom. The molecule has 2 bridgehead atoms. The van der Waals surface area contributed by atoms with Gasteiger partial charge in [0.15, 0.2) is 11.4 Å². The summed E-state index contributed by atoms with van der Waals surface area (Å²) in [6.07, 6.45) is 2.70. The second kappa shape index (κ2) is 11.8. The average molecular weight is 656 g/mol. The third-order valence-corrected chi connectivity index (χ3v) is 10.9. The molecule has 3 aromatic rings. The van der Waals surface area contributed by atoms with E-state index in [1.54, 1.807) is 17.3 Å². The minimum absolute atomic E-state index is 0.135. The van der Waals surface area contributed by atoms with Crippen molar-refractivity contribution in [3.05, 3.63) is 48.4 Å². The minimum atomic E-state index is -4.78. The first-order chi connectivity index (χ1) is 22.4. The van der Waals surface area contributed by atoms with E-state index < -0.39 is 36.4 Å². The number of rotatable bonds is 9. The smallest absolute Gasteiger partial charge is 0.417 e. The van der Waals surface area contributed by atoms with Gasteiger partial charge in [-0.15, -0.1) is 0 Å². The molecule has 1 N–H and O–H groups in total. The zero-order valence-electron chi connectivity index (χ0n) is 26.6. The number of alkyl halides is 3. The summed E-state index contributed by atoms with van der Waals surface area (Å²) >= 11 is 0. The van der Waals surface area contributed by atoms with Gasteiger partial charge in [-0.05, 0) is 81.9 Å². The van der Waals surface area contributed by atoms with Gasteiger partial charge in [-0.2, -0.15) is 18.2 Å².